The summed E-state index contributed by atoms with van der Waals surface area (Å²) in [5.74, 6) is 0.113. The summed E-state index contributed by atoms with van der Waals surface area (Å²) in [4.78, 5) is 32.1. The summed E-state index contributed by atoms with van der Waals surface area (Å²) in [7, 11) is 1.75. The number of halogens is 1. The van der Waals surface area contributed by atoms with Crippen molar-refractivity contribution in [1.82, 2.24) is 39.9 Å². The first-order chi connectivity index (χ1) is 17.8. The number of amides is 1. The largest absolute Gasteiger partial charge is 0.351 e. The first kappa shape index (κ1) is 24.7. The minimum Gasteiger partial charge on any atom is -0.351 e. The van der Waals surface area contributed by atoms with Crippen molar-refractivity contribution >= 4 is 40.1 Å². The van der Waals surface area contributed by atoms with Gasteiger partial charge in [-0.3, -0.25) is 9.69 Å². The number of hydrogen-bond acceptors (Lipinski definition) is 8. The molecule has 192 valence electrons. The average molecular weight is 506 g/mol. The lowest BCUT2D eigenvalue weighted by Crippen LogP contribution is -2.72. The van der Waals surface area contributed by atoms with E-state index in [0.29, 0.717) is 34.9 Å². The van der Waals surface area contributed by atoms with Crippen molar-refractivity contribution in [2.45, 2.75) is 32.2 Å². The van der Waals surface area contributed by atoms with Crippen LogP contribution < -0.4 is 16.0 Å². The molecule has 1 fully saturated rings. The van der Waals surface area contributed by atoms with Gasteiger partial charge in [0.2, 0.25) is 0 Å². The Kier molecular flexibility index (Phi) is 6.76. The molecule has 4 aromatic rings. The number of fused-ring (bicyclic) bond motifs is 1. The van der Waals surface area contributed by atoms with Crippen LogP contribution in [0.3, 0.4) is 0 Å². The first-order valence-corrected chi connectivity index (χ1v) is 12.2. The zero-order valence-electron chi connectivity index (χ0n) is 21.1. The second-order valence-corrected chi connectivity index (χ2v) is 9.73. The van der Waals surface area contributed by atoms with E-state index in [2.05, 4.69) is 54.4 Å². The summed E-state index contributed by atoms with van der Waals surface area (Å²) < 4.78 is 16.3. The van der Waals surface area contributed by atoms with E-state index in [0.717, 1.165) is 25.2 Å². The highest BCUT2D eigenvalue weighted by atomic mass is 19.1. The van der Waals surface area contributed by atoms with Crippen molar-refractivity contribution < 1.29 is 14.5 Å². The molecule has 4 N–H and O–H groups in total. The number of rotatable bonds is 8. The molecular formula is C25H30FN10O+. The maximum Gasteiger partial charge on any atom is 0.332 e. The van der Waals surface area contributed by atoms with Crippen LogP contribution in [0.2, 0.25) is 0 Å². The highest BCUT2D eigenvalue weighted by Gasteiger charge is 2.31. The fraction of sp³-hybridized carbons (Fsp3) is 0.360. The van der Waals surface area contributed by atoms with Gasteiger partial charge in [0.05, 0.1) is 23.5 Å². The number of aryl methyl sites for hydroxylation is 1. The van der Waals surface area contributed by atoms with Gasteiger partial charge in [-0.25, -0.2) is 24.4 Å². The third-order valence-electron chi connectivity index (χ3n) is 6.70. The number of carbonyl (C=O) groups excluding carboxylic acids is 1. The highest BCUT2D eigenvalue weighted by Crippen LogP contribution is 2.28. The Morgan fingerprint density at radius 2 is 2.03 bits per heavy atom. The third kappa shape index (κ3) is 5.39. The lowest BCUT2D eigenvalue weighted by atomic mass is 10.0. The lowest BCUT2D eigenvalue weighted by Gasteiger charge is -2.31. The molecule has 11 nitrogen and oxygen atoms in total. The highest BCUT2D eigenvalue weighted by molar-refractivity contribution is 5.96. The molecule has 0 aliphatic carbocycles. The van der Waals surface area contributed by atoms with Gasteiger partial charge in [0.15, 0.2) is 17.2 Å². The predicted octanol–water partition coefficient (Wildman–Crippen LogP) is 2.17. The summed E-state index contributed by atoms with van der Waals surface area (Å²) in [6, 6.07) is 4.24. The molecule has 37 heavy (non-hydrogen) atoms. The molecule has 1 saturated heterocycles. The predicted molar refractivity (Wildman–Crippen MR) is 136 cm³/mol. The molecule has 12 heteroatoms. The Hall–Kier alpha value is -4.03. The van der Waals surface area contributed by atoms with E-state index in [1.807, 2.05) is 0 Å². The molecule has 0 spiro atoms. The molecule has 1 aromatic carbocycles. The van der Waals surface area contributed by atoms with Crippen LogP contribution in [-0.4, -0.2) is 65.7 Å². The fourth-order valence-corrected chi connectivity index (χ4v) is 4.62. The summed E-state index contributed by atoms with van der Waals surface area (Å²) in [5, 5.41) is 12.8. The second kappa shape index (κ2) is 10.1. The minimum absolute atomic E-state index is 0.144. The topological polar surface area (TPSA) is 130 Å². The monoisotopic (exact) mass is 505 g/mol. The van der Waals surface area contributed by atoms with Crippen LogP contribution in [0, 0.1) is 5.82 Å². The van der Waals surface area contributed by atoms with Crippen LogP contribution in [0.25, 0.3) is 11.0 Å². The van der Waals surface area contributed by atoms with Crippen LogP contribution in [-0.2, 0) is 7.05 Å². The number of nitrogens with zero attached hydrogens (tertiary/aromatic N) is 7. The number of nitrogens with two attached hydrogens (primary N) is 1. The normalized spacial score (nSPS) is 15.2. The third-order valence-corrected chi connectivity index (χ3v) is 6.70. The second-order valence-electron chi connectivity index (χ2n) is 9.73. The van der Waals surface area contributed by atoms with E-state index >= 15 is 0 Å². The van der Waals surface area contributed by atoms with Gasteiger partial charge in [0.1, 0.15) is 12.1 Å². The van der Waals surface area contributed by atoms with Gasteiger partial charge >= 0.3 is 5.95 Å². The Morgan fingerprint density at radius 1 is 1.22 bits per heavy atom. The number of carbonyl (C=O) groups is 1. The van der Waals surface area contributed by atoms with E-state index in [4.69, 9.17) is 0 Å². The molecule has 1 amide bonds. The van der Waals surface area contributed by atoms with Crippen LogP contribution in [0.5, 0.6) is 0 Å². The summed E-state index contributed by atoms with van der Waals surface area (Å²) in [6.07, 6.45) is 8.73. The van der Waals surface area contributed by atoms with Gasteiger partial charge in [0, 0.05) is 37.4 Å². The Labute approximate surface area is 213 Å². The molecule has 3 aromatic heterocycles. The Balaban J connectivity index is 1.29. The number of hydrogen-bond donors (Lipinski definition) is 3. The molecule has 1 aliphatic heterocycles. The molecule has 0 radical (unpaired) electrons. The number of nitrogens with one attached hydrogen (secondary N) is 2. The van der Waals surface area contributed by atoms with Gasteiger partial charge < -0.3 is 10.6 Å². The van der Waals surface area contributed by atoms with Crippen LogP contribution in [0.15, 0.2) is 43.1 Å². The van der Waals surface area contributed by atoms with Crippen LogP contribution >= 0.6 is 0 Å². The van der Waals surface area contributed by atoms with Crippen LogP contribution in [0.1, 0.15) is 37.0 Å². The van der Waals surface area contributed by atoms with Crippen molar-refractivity contribution in [2.24, 2.45) is 7.05 Å². The SMILES string of the molecule is Cn1nc(Nc2cc(C(=O)NCCN3CCCC3(C)C)ccc2F)c2cnc([NH2+]c3cncnc3)nc21. The molecule has 4 heterocycles. The summed E-state index contributed by atoms with van der Waals surface area (Å²) in [6.45, 7) is 6.79. The van der Waals surface area contributed by atoms with E-state index in [-0.39, 0.29) is 17.1 Å². The number of anilines is 2. The number of quaternary nitrogens is 1. The van der Waals surface area contributed by atoms with Gasteiger partial charge in [-0.05, 0) is 51.4 Å². The van der Waals surface area contributed by atoms with E-state index in [1.165, 1.54) is 30.9 Å². The Bertz CT molecular complexity index is 1420. The number of benzene rings is 1. The van der Waals surface area contributed by atoms with E-state index in [1.54, 1.807) is 35.6 Å². The Morgan fingerprint density at radius 3 is 2.78 bits per heavy atom. The van der Waals surface area contributed by atoms with Crippen molar-refractivity contribution in [3.05, 3.63) is 54.5 Å². The first-order valence-electron chi connectivity index (χ1n) is 12.2. The molecule has 1 aliphatic rings. The van der Waals surface area contributed by atoms with Crippen molar-refractivity contribution in [3.63, 3.8) is 0 Å². The van der Waals surface area contributed by atoms with E-state index < -0.39 is 5.82 Å². The lowest BCUT2D eigenvalue weighted by molar-refractivity contribution is -0.487. The number of aromatic nitrogens is 6. The van der Waals surface area contributed by atoms with Crippen LogP contribution in [0.4, 0.5) is 27.5 Å². The van der Waals surface area contributed by atoms with Gasteiger partial charge in [-0.1, -0.05) is 0 Å². The zero-order valence-corrected chi connectivity index (χ0v) is 21.1. The minimum atomic E-state index is -0.496. The smallest absolute Gasteiger partial charge is 0.332 e. The average Bonchev–Trinajstić information content (AvgIpc) is 3.38. The van der Waals surface area contributed by atoms with E-state index in [9.17, 15) is 9.18 Å². The van der Waals surface area contributed by atoms with Crippen molar-refractivity contribution in [3.8, 4) is 0 Å². The molecule has 0 saturated carbocycles. The van der Waals surface area contributed by atoms with Gasteiger partial charge in [-0.2, -0.15) is 15.1 Å². The quantitative estimate of drug-likeness (QED) is 0.332. The molecule has 5 rings (SSSR count). The van der Waals surface area contributed by atoms with Gasteiger partial charge in [0.25, 0.3) is 5.91 Å². The molecular weight excluding hydrogens is 475 g/mol. The van der Waals surface area contributed by atoms with Gasteiger partial charge in [-0.15, -0.1) is 0 Å². The zero-order chi connectivity index (χ0) is 26.0. The molecule has 0 bridgehead atoms. The maximum atomic E-state index is 14.7. The van der Waals surface area contributed by atoms with Crippen molar-refractivity contribution in [1.29, 1.82) is 0 Å². The summed E-state index contributed by atoms with van der Waals surface area (Å²) in [5.41, 5.74) is 2.00. The van der Waals surface area contributed by atoms with Crippen molar-refractivity contribution in [2.75, 3.05) is 25.0 Å². The standard InChI is InChI=1S/C25H29FN10O/c1-25(2)7-4-9-36(25)10-8-29-23(37)16-5-6-19(26)20(11-16)32-21-18-14-30-24(33-22(18)35(3)34-21)31-17-12-27-15-28-13-17/h5-6,11-15H,4,7-10H2,1-3H3,(H,29,37)(H,32,34)(H,30,31,33)/p+1. The maximum absolute atomic E-state index is 14.7. The number of likely N-dealkylation sites (tertiary alicyclic amines) is 1. The summed E-state index contributed by atoms with van der Waals surface area (Å²) >= 11 is 0. The fourth-order valence-electron chi connectivity index (χ4n) is 4.62. The molecule has 0 unspecified atom stereocenters. The molecule has 0 atom stereocenters.